The number of halogens is 1. The van der Waals surface area contributed by atoms with Gasteiger partial charge in [-0.1, -0.05) is 17.7 Å². The average Bonchev–Trinajstić information content (AvgIpc) is 2.33. The Morgan fingerprint density at radius 3 is 2.48 bits per heavy atom. The molecule has 0 unspecified atom stereocenters. The number of nitro benzene ring substituents is 1. The lowest BCUT2D eigenvalue weighted by Gasteiger charge is -2.20. The summed E-state index contributed by atoms with van der Waals surface area (Å²) < 4.78 is 0. The number of amides is 2. The van der Waals surface area contributed by atoms with E-state index in [0.29, 0.717) is 0 Å². The van der Waals surface area contributed by atoms with Gasteiger partial charge < -0.3 is 10.6 Å². The Morgan fingerprint density at radius 2 is 1.95 bits per heavy atom. The molecule has 2 amide bonds. The summed E-state index contributed by atoms with van der Waals surface area (Å²) in [5.41, 5.74) is -1.09. The van der Waals surface area contributed by atoms with Gasteiger partial charge in [-0.3, -0.25) is 19.7 Å². The van der Waals surface area contributed by atoms with Crippen LogP contribution in [0, 0.1) is 10.1 Å². The maximum atomic E-state index is 11.9. The highest BCUT2D eigenvalue weighted by molar-refractivity contribution is 6.33. The summed E-state index contributed by atoms with van der Waals surface area (Å²) in [6, 6.07) is 4.03. The fourth-order valence-corrected chi connectivity index (χ4v) is 1.85. The molecule has 0 fully saturated rings. The maximum Gasteiger partial charge on any atom is 0.300 e. The van der Waals surface area contributed by atoms with E-state index in [4.69, 9.17) is 11.6 Å². The Labute approximate surface area is 126 Å². The van der Waals surface area contributed by atoms with Crippen LogP contribution >= 0.6 is 11.6 Å². The third kappa shape index (κ3) is 5.03. The van der Waals surface area contributed by atoms with Gasteiger partial charge in [0, 0.05) is 5.54 Å². The van der Waals surface area contributed by atoms with Crippen molar-refractivity contribution < 1.29 is 14.5 Å². The number of nitrogens with one attached hydrogen (secondary N) is 2. The summed E-state index contributed by atoms with van der Waals surface area (Å²) in [4.78, 5) is 33.7. The van der Waals surface area contributed by atoms with Crippen LogP contribution in [0.4, 0.5) is 5.69 Å². The second kappa shape index (κ2) is 6.53. The highest BCUT2D eigenvalue weighted by atomic mass is 35.5. The van der Waals surface area contributed by atoms with Crippen LogP contribution in [0.5, 0.6) is 0 Å². The van der Waals surface area contributed by atoms with Crippen molar-refractivity contribution in [3.63, 3.8) is 0 Å². The number of rotatable bonds is 4. The van der Waals surface area contributed by atoms with Gasteiger partial charge in [0.15, 0.2) is 0 Å². The van der Waals surface area contributed by atoms with Gasteiger partial charge in [-0.05, 0) is 32.9 Å². The molecule has 0 saturated heterocycles. The van der Waals surface area contributed by atoms with Crippen molar-refractivity contribution in [1.29, 1.82) is 0 Å². The van der Waals surface area contributed by atoms with Crippen LogP contribution in [0.1, 0.15) is 31.1 Å². The van der Waals surface area contributed by atoms with Crippen LogP contribution in [0.3, 0.4) is 0 Å². The van der Waals surface area contributed by atoms with Crippen molar-refractivity contribution in [2.24, 2.45) is 0 Å². The minimum atomic E-state index is -0.730. The number of nitrogens with zero attached hydrogens (tertiary/aromatic N) is 1. The monoisotopic (exact) mass is 313 g/mol. The van der Waals surface area contributed by atoms with Gasteiger partial charge in [0.1, 0.15) is 10.6 Å². The quantitative estimate of drug-likeness (QED) is 0.654. The van der Waals surface area contributed by atoms with Gasteiger partial charge >= 0.3 is 5.69 Å². The van der Waals surface area contributed by atoms with E-state index in [1.807, 2.05) is 0 Å². The Kier molecular flexibility index (Phi) is 5.26. The molecule has 0 atom stereocenters. The number of hydrogen-bond acceptors (Lipinski definition) is 4. The lowest BCUT2D eigenvalue weighted by molar-refractivity contribution is -0.385. The fraction of sp³-hybridized carbons (Fsp3) is 0.385. The Balaban J connectivity index is 2.80. The molecule has 1 aromatic carbocycles. The van der Waals surface area contributed by atoms with E-state index in [0.717, 1.165) is 0 Å². The zero-order valence-electron chi connectivity index (χ0n) is 11.9. The summed E-state index contributed by atoms with van der Waals surface area (Å²) >= 11 is 5.72. The summed E-state index contributed by atoms with van der Waals surface area (Å²) in [5, 5.41) is 15.8. The first-order valence-corrected chi connectivity index (χ1v) is 6.52. The number of carbonyl (C=O) groups is 2. The normalized spacial score (nSPS) is 10.9. The molecule has 0 aromatic heterocycles. The van der Waals surface area contributed by atoms with Crippen molar-refractivity contribution >= 4 is 29.1 Å². The molecule has 1 rings (SSSR count). The van der Waals surface area contributed by atoms with E-state index in [-0.39, 0.29) is 23.0 Å². The molecule has 0 aliphatic heterocycles. The molecule has 1 aromatic rings. The Morgan fingerprint density at radius 1 is 1.33 bits per heavy atom. The molecule has 0 bridgehead atoms. The minimum absolute atomic E-state index is 0.133. The Bertz CT molecular complexity index is 581. The SMILES string of the molecule is CC(C)(C)NC(=O)CNC(=O)c1cccc(Cl)c1[N+](=O)[O-]. The number of hydrogen-bond donors (Lipinski definition) is 2. The van der Waals surface area contributed by atoms with Crippen LogP contribution < -0.4 is 10.6 Å². The van der Waals surface area contributed by atoms with Gasteiger partial charge in [-0.15, -0.1) is 0 Å². The van der Waals surface area contributed by atoms with Gasteiger partial charge in [0.05, 0.1) is 11.5 Å². The van der Waals surface area contributed by atoms with Crippen LogP contribution in [0.2, 0.25) is 5.02 Å². The van der Waals surface area contributed by atoms with Gasteiger partial charge in [-0.25, -0.2) is 0 Å². The first-order valence-electron chi connectivity index (χ1n) is 6.14. The van der Waals surface area contributed by atoms with E-state index in [1.54, 1.807) is 20.8 Å². The largest absolute Gasteiger partial charge is 0.350 e. The van der Waals surface area contributed by atoms with Crippen molar-refractivity contribution in [1.82, 2.24) is 10.6 Å². The Hall–Kier alpha value is -2.15. The first-order chi connectivity index (χ1) is 9.61. The smallest absolute Gasteiger partial charge is 0.300 e. The highest BCUT2D eigenvalue weighted by Crippen LogP contribution is 2.27. The number of para-hydroxylation sites is 1. The summed E-state index contributed by atoms with van der Waals surface area (Å²) in [7, 11) is 0. The molecule has 8 heteroatoms. The van der Waals surface area contributed by atoms with Crippen LogP contribution in [0.15, 0.2) is 18.2 Å². The zero-order chi connectivity index (χ0) is 16.2. The van der Waals surface area contributed by atoms with Crippen molar-refractivity contribution in [3.8, 4) is 0 Å². The van der Waals surface area contributed by atoms with Gasteiger partial charge in [0.25, 0.3) is 5.91 Å². The molecule has 0 saturated carbocycles. The summed E-state index contributed by atoms with van der Waals surface area (Å²) in [6.07, 6.45) is 0. The molecule has 0 spiro atoms. The maximum absolute atomic E-state index is 11.9. The van der Waals surface area contributed by atoms with Crippen molar-refractivity contribution in [3.05, 3.63) is 38.9 Å². The molecule has 0 heterocycles. The standard InChI is InChI=1S/C13H16ClN3O4/c1-13(2,3)16-10(18)7-15-12(19)8-5-4-6-9(14)11(8)17(20)21/h4-6H,7H2,1-3H3,(H,15,19)(H,16,18). The van der Waals surface area contributed by atoms with Crippen LogP contribution in [-0.4, -0.2) is 28.8 Å². The number of carbonyl (C=O) groups excluding carboxylic acids is 2. The van der Waals surface area contributed by atoms with E-state index < -0.39 is 22.1 Å². The fourth-order valence-electron chi connectivity index (χ4n) is 1.60. The molecular formula is C13H16ClN3O4. The van der Waals surface area contributed by atoms with E-state index in [9.17, 15) is 19.7 Å². The molecule has 0 radical (unpaired) electrons. The molecule has 0 aliphatic carbocycles. The van der Waals surface area contributed by atoms with E-state index in [2.05, 4.69) is 10.6 Å². The molecular weight excluding hydrogens is 298 g/mol. The average molecular weight is 314 g/mol. The predicted octanol–water partition coefficient (Wildman–Crippen LogP) is 1.89. The predicted molar refractivity (Wildman–Crippen MR) is 78.3 cm³/mol. The molecule has 114 valence electrons. The number of benzene rings is 1. The zero-order valence-corrected chi connectivity index (χ0v) is 12.7. The molecule has 2 N–H and O–H groups in total. The second-order valence-corrected chi connectivity index (χ2v) is 5.78. The van der Waals surface area contributed by atoms with Gasteiger partial charge in [-0.2, -0.15) is 0 Å². The van der Waals surface area contributed by atoms with Crippen LogP contribution in [-0.2, 0) is 4.79 Å². The third-order valence-electron chi connectivity index (χ3n) is 2.34. The summed E-state index contributed by atoms with van der Waals surface area (Å²) in [5.74, 6) is -1.12. The molecule has 21 heavy (non-hydrogen) atoms. The summed E-state index contributed by atoms with van der Waals surface area (Å²) in [6.45, 7) is 5.12. The lowest BCUT2D eigenvalue weighted by Crippen LogP contribution is -2.45. The third-order valence-corrected chi connectivity index (χ3v) is 2.64. The topological polar surface area (TPSA) is 101 Å². The second-order valence-electron chi connectivity index (χ2n) is 5.37. The van der Waals surface area contributed by atoms with E-state index >= 15 is 0 Å². The van der Waals surface area contributed by atoms with Crippen molar-refractivity contribution in [2.45, 2.75) is 26.3 Å². The van der Waals surface area contributed by atoms with E-state index in [1.165, 1.54) is 18.2 Å². The minimum Gasteiger partial charge on any atom is -0.350 e. The van der Waals surface area contributed by atoms with Crippen LogP contribution in [0.25, 0.3) is 0 Å². The highest BCUT2D eigenvalue weighted by Gasteiger charge is 2.24. The molecule has 7 nitrogen and oxygen atoms in total. The first kappa shape index (κ1) is 16.9. The van der Waals surface area contributed by atoms with Crippen molar-refractivity contribution in [2.75, 3.05) is 6.54 Å². The lowest BCUT2D eigenvalue weighted by atomic mass is 10.1. The van der Waals surface area contributed by atoms with Gasteiger partial charge in [0.2, 0.25) is 5.91 Å². The molecule has 0 aliphatic rings. The number of nitro groups is 1.